The van der Waals surface area contributed by atoms with Crippen LogP contribution in [0.5, 0.6) is 5.75 Å². The first-order valence-electron chi connectivity index (χ1n) is 5.66. The monoisotopic (exact) mass is 248 g/mol. The summed E-state index contributed by atoms with van der Waals surface area (Å²) in [4.78, 5) is 11.5. The van der Waals surface area contributed by atoms with Gasteiger partial charge in [0.1, 0.15) is 5.75 Å². The van der Waals surface area contributed by atoms with Crippen LogP contribution in [0.4, 0.5) is 0 Å². The van der Waals surface area contributed by atoms with Gasteiger partial charge in [0.2, 0.25) is 0 Å². The minimum Gasteiger partial charge on any atom is -0.507 e. The second-order valence-electron chi connectivity index (χ2n) is 4.20. The van der Waals surface area contributed by atoms with E-state index in [0.717, 1.165) is 10.9 Å². The van der Waals surface area contributed by atoms with Crippen molar-refractivity contribution in [2.24, 2.45) is 0 Å². The number of hydrogen-bond donors (Lipinski definition) is 1. The molecule has 1 aliphatic heterocycles. The average molecular weight is 248 g/mol. The Bertz CT molecular complexity index is 652. The highest BCUT2D eigenvalue weighted by Crippen LogP contribution is 2.36. The van der Waals surface area contributed by atoms with Gasteiger partial charge in [-0.05, 0) is 24.6 Å². The van der Waals surface area contributed by atoms with Crippen LogP contribution in [0, 0.1) is 6.92 Å². The van der Waals surface area contributed by atoms with Crippen molar-refractivity contribution < 1.29 is 19.0 Å². The summed E-state index contributed by atoms with van der Waals surface area (Å²) in [7, 11) is 0. The molecule has 0 spiro atoms. The fourth-order valence-electron chi connectivity index (χ4n) is 2.15. The highest BCUT2D eigenvalue weighted by atomic mass is 16.7. The molecule has 0 aliphatic carbocycles. The van der Waals surface area contributed by atoms with Crippen LogP contribution >= 0.6 is 0 Å². The maximum Gasteiger partial charge on any atom is 0.336 e. The quantitative estimate of drug-likeness (QED) is 0.780. The van der Waals surface area contributed by atoms with Crippen LogP contribution < -0.4 is 5.63 Å². The first kappa shape index (κ1) is 11.3. The Labute approximate surface area is 103 Å². The Kier molecular flexibility index (Phi) is 2.57. The normalized spacial score (nSPS) is 16.5. The molecule has 94 valence electrons. The Morgan fingerprint density at radius 1 is 1.28 bits per heavy atom. The number of aromatic hydroxyl groups is 1. The first-order valence-corrected chi connectivity index (χ1v) is 5.66. The summed E-state index contributed by atoms with van der Waals surface area (Å²) in [6.45, 7) is 2.73. The number of phenolic OH excluding ortho intramolecular Hbond substituents is 1. The number of rotatable bonds is 1. The van der Waals surface area contributed by atoms with Gasteiger partial charge in [-0.1, -0.05) is 0 Å². The predicted molar refractivity (Wildman–Crippen MR) is 63.5 cm³/mol. The first-order chi connectivity index (χ1) is 8.66. The summed E-state index contributed by atoms with van der Waals surface area (Å²) < 4.78 is 15.9. The number of fused-ring (bicyclic) bond motifs is 1. The Balaban J connectivity index is 2.34. The summed E-state index contributed by atoms with van der Waals surface area (Å²) in [5, 5.41) is 10.7. The number of benzene rings is 1. The van der Waals surface area contributed by atoms with Crippen molar-refractivity contribution in [2.45, 2.75) is 13.2 Å². The van der Waals surface area contributed by atoms with E-state index in [4.69, 9.17) is 13.9 Å². The fourth-order valence-corrected chi connectivity index (χ4v) is 2.15. The summed E-state index contributed by atoms with van der Waals surface area (Å²) in [5.74, 6) is 0.00292. The topological polar surface area (TPSA) is 68.9 Å². The molecule has 2 aromatic rings. The van der Waals surface area contributed by atoms with Gasteiger partial charge >= 0.3 is 5.63 Å². The second kappa shape index (κ2) is 4.12. The van der Waals surface area contributed by atoms with Crippen molar-refractivity contribution in [3.63, 3.8) is 0 Å². The third kappa shape index (κ3) is 1.68. The minimum absolute atomic E-state index is 0.00292. The molecule has 5 nitrogen and oxygen atoms in total. The smallest absolute Gasteiger partial charge is 0.336 e. The van der Waals surface area contributed by atoms with E-state index in [-0.39, 0.29) is 5.75 Å². The van der Waals surface area contributed by atoms with Crippen LogP contribution in [0.2, 0.25) is 0 Å². The molecule has 5 heteroatoms. The van der Waals surface area contributed by atoms with E-state index in [1.807, 2.05) is 6.92 Å². The van der Waals surface area contributed by atoms with Crippen LogP contribution in [0.25, 0.3) is 11.0 Å². The molecule has 0 saturated carbocycles. The molecule has 1 aromatic heterocycles. The third-order valence-electron chi connectivity index (χ3n) is 2.99. The van der Waals surface area contributed by atoms with E-state index in [1.165, 1.54) is 6.07 Å². The van der Waals surface area contributed by atoms with Crippen LogP contribution in [-0.4, -0.2) is 18.3 Å². The van der Waals surface area contributed by atoms with Crippen LogP contribution in [-0.2, 0) is 9.47 Å². The second-order valence-corrected chi connectivity index (χ2v) is 4.20. The highest BCUT2D eigenvalue weighted by Gasteiger charge is 2.26. The summed E-state index contributed by atoms with van der Waals surface area (Å²) in [5.41, 5.74) is 1.04. The van der Waals surface area contributed by atoms with Crippen molar-refractivity contribution in [1.82, 2.24) is 0 Å². The van der Waals surface area contributed by atoms with E-state index in [0.29, 0.717) is 24.4 Å². The molecular weight excluding hydrogens is 236 g/mol. The largest absolute Gasteiger partial charge is 0.507 e. The van der Waals surface area contributed by atoms with Crippen molar-refractivity contribution in [3.05, 3.63) is 39.7 Å². The maximum atomic E-state index is 11.5. The molecular formula is C13H12O5. The van der Waals surface area contributed by atoms with Gasteiger partial charge in [0, 0.05) is 11.5 Å². The Morgan fingerprint density at radius 3 is 2.72 bits per heavy atom. The van der Waals surface area contributed by atoms with Crippen molar-refractivity contribution in [3.8, 4) is 5.75 Å². The molecule has 0 bridgehead atoms. The summed E-state index contributed by atoms with van der Waals surface area (Å²) in [6.07, 6.45) is -0.682. The van der Waals surface area contributed by atoms with Crippen molar-refractivity contribution >= 4 is 11.0 Å². The van der Waals surface area contributed by atoms with Gasteiger partial charge < -0.3 is 19.0 Å². The van der Waals surface area contributed by atoms with Gasteiger partial charge in [0.25, 0.3) is 0 Å². The molecule has 0 amide bonds. The SMILES string of the molecule is Cc1cc(=O)oc2c(C3OCCO3)c(O)ccc12. The molecule has 18 heavy (non-hydrogen) atoms. The van der Waals surface area contributed by atoms with Crippen molar-refractivity contribution in [1.29, 1.82) is 0 Å². The lowest BCUT2D eigenvalue weighted by Crippen LogP contribution is -2.04. The van der Waals surface area contributed by atoms with Gasteiger partial charge in [-0.15, -0.1) is 0 Å². The van der Waals surface area contributed by atoms with Gasteiger partial charge in [0.15, 0.2) is 11.9 Å². The van der Waals surface area contributed by atoms with E-state index in [2.05, 4.69) is 0 Å². The molecule has 0 unspecified atom stereocenters. The molecule has 1 fully saturated rings. The Hall–Kier alpha value is -1.85. The lowest BCUT2D eigenvalue weighted by Gasteiger charge is -2.13. The summed E-state index contributed by atoms with van der Waals surface area (Å²) >= 11 is 0. The van der Waals surface area contributed by atoms with E-state index in [9.17, 15) is 9.90 Å². The highest BCUT2D eigenvalue weighted by molar-refractivity contribution is 5.85. The minimum atomic E-state index is -0.682. The van der Waals surface area contributed by atoms with E-state index in [1.54, 1.807) is 12.1 Å². The van der Waals surface area contributed by atoms with E-state index >= 15 is 0 Å². The Morgan fingerprint density at radius 2 is 2.00 bits per heavy atom. The zero-order valence-electron chi connectivity index (χ0n) is 9.80. The van der Waals surface area contributed by atoms with Crippen molar-refractivity contribution in [2.75, 3.05) is 13.2 Å². The number of ether oxygens (including phenoxy) is 2. The summed E-state index contributed by atoms with van der Waals surface area (Å²) in [6, 6.07) is 4.68. The number of hydrogen-bond acceptors (Lipinski definition) is 5. The maximum absolute atomic E-state index is 11.5. The third-order valence-corrected chi connectivity index (χ3v) is 2.99. The van der Waals surface area contributed by atoms with Crippen LogP contribution in [0.15, 0.2) is 27.4 Å². The number of phenols is 1. The predicted octanol–water partition coefficient (Wildman–Crippen LogP) is 1.85. The zero-order valence-corrected chi connectivity index (χ0v) is 9.80. The lowest BCUT2D eigenvalue weighted by atomic mass is 10.1. The van der Waals surface area contributed by atoms with Gasteiger partial charge in [0.05, 0.1) is 18.8 Å². The van der Waals surface area contributed by atoms with Crippen LogP contribution in [0.3, 0.4) is 0 Å². The van der Waals surface area contributed by atoms with Gasteiger partial charge in [-0.3, -0.25) is 0 Å². The average Bonchev–Trinajstić information content (AvgIpc) is 2.81. The molecule has 3 rings (SSSR count). The van der Waals surface area contributed by atoms with Gasteiger partial charge in [-0.2, -0.15) is 0 Å². The molecule has 2 heterocycles. The number of aryl methyl sites for hydroxylation is 1. The fraction of sp³-hybridized carbons (Fsp3) is 0.308. The molecule has 0 atom stereocenters. The molecule has 1 N–H and O–H groups in total. The molecule has 1 aromatic carbocycles. The zero-order chi connectivity index (χ0) is 12.7. The molecule has 1 aliphatic rings. The van der Waals surface area contributed by atoms with Gasteiger partial charge in [-0.25, -0.2) is 4.79 Å². The molecule has 1 saturated heterocycles. The van der Waals surface area contributed by atoms with Crippen LogP contribution in [0.1, 0.15) is 17.4 Å². The standard InChI is InChI=1S/C13H12O5/c1-7-6-10(15)18-12-8(7)2-3-9(14)11(12)13-16-4-5-17-13/h2-3,6,13-14H,4-5H2,1H3. The molecule has 0 radical (unpaired) electrons. The van der Waals surface area contributed by atoms with E-state index < -0.39 is 11.9 Å². The lowest BCUT2D eigenvalue weighted by molar-refractivity contribution is -0.0449.